The van der Waals surface area contributed by atoms with Crippen LogP contribution < -0.4 is 5.32 Å². The van der Waals surface area contributed by atoms with E-state index in [0.717, 1.165) is 11.3 Å². The van der Waals surface area contributed by atoms with Gasteiger partial charge in [-0.15, -0.1) is 0 Å². The number of benzene rings is 1. The largest absolute Gasteiger partial charge is 0.476 e. The summed E-state index contributed by atoms with van der Waals surface area (Å²) < 4.78 is 3.08. The highest BCUT2D eigenvalue weighted by Gasteiger charge is 2.21. The van der Waals surface area contributed by atoms with Crippen molar-refractivity contribution in [3.63, 3.8) is 0 Å². The molecule has 2 aromatic heterocycles. The Bertz CT molecular complexity index is 1090. The average molecular weight is 436 g/mol. The van der Waals surface area contributed by atoms with E-state index in [1.807, 2.05) is 13.0 Å². The molecule has 0 bridgehead atoms. The first-order chi connectivity index (χ1) is 13.7. The zero-order chi connectivity index (χ0) is 21.3. The fourth-order valence-corrected chi connectivity index (χ4v) is 3.18. The first-order valence-corrected chi connectivity index (χ1v) is 9.50. The maximum Gasteiger partial charge on any atom is 0.356 e. The lowest BCUT2D eigenvalue weighted by molar-refractivity contribution is -0.119. The van der Waals surface area contributed by atoms with Crippen molar-refractivity contribution < 1.29 is 14.7 Å². The van der Waals surface area contributed by atoms with Crippen LogP contribution in [0.1, 0.15) is 40.4 Å². The van der Waals surface area contributed by atoms with E-state index in [4.69, 9.17) is 28.3 Å². The number of nitrogens with one attached hydrogen (secondary N) is 1. The van der Waals surface area contributed by atoms with Crippen LogP contribution in [0.5, 0.6) is 0 Å². The van der Waals surface area contributed by atoms with Gasteiger partial charge in [0.25, 0.3) is 0 Å². The molecule has 2 heterocycles. The van der Waals surface area contributed by atoms with Gasteiger partial charge in [0.15, 0.2) is 5.69 Å². The number of hydrogen-bond donors (Lipinski definition) is 2. The molecular weight excluding hydrogens is 417 g/mol. The molecule has 0 saturated carbocycles. The summed E-state index contributed by atoms with van der Waals surface area (Å²) in [5, 5.41) is 21.2. The predicted octanol–water partition coefficient (Wildman–Crippen LogP) is 3.95. The Labute approximate surface area is 177 Å². The molecule has 3 rings (SSSR count). The fourth-order valence-electron chi connectivity index (χ4n) is 2.86. The zero-order valence-electron chi connectivity index (χ0n) is 16.0. The van der Waals surface area contributed by atoms with Gasteiger partial charge in [0.2, 0.25) is 5.91 Å². The highest BCUT2D eigenvalue weighted by molar-refractivity contribution is 6.42. The van der Waals surface area contributed by atoms with Gasteiger partial charge in [-0.25, -0.2) is 4.79 Å². The molecule has 152 valence electrons. The number of amides is 1. The molecule has 0 spiro atoms. The molecule has 0 saturated heterocycles. The molecule has 1 atom stereocenters. The summed E-state index contributed by atoms with van der Waals surface area (Å²) in [6.07, 6.45) is 1.46. The number of aryl methyl sites for hydroxylation is 1. The van der Waals surface area contributed by atoms with Crippen LogP contribution in [0.25, 0.3) is 0 Å². The smallest absolute Gasteiger partial charge is 0.356 e. The van der Waals surface area contributed by atoms with Crippen LogP contribution in [0, 0.1) is 13.8 Å². The van der Waals surface area contributed by atoms with Gasteiger partial charge in [-0.1, -0.05) is 29.3 Å². The van der Waals surface area contributed by atoms with E-state index < -0.39 is 12.0 Å². The second kappa shape index (κ2) is 8.26. The van der Waals surface area contributed by atoms with Crippen molar-refractivity contribution in [2.45, 2.75) is 33.4 Å². The van der Waals surface area contributed by atoms with Gasteiger partial charge in [0, 0.05) is 6.20 Å². The number of carbonyl (C=O) groups is 2. The third-order valence-corrected chi connectivity index (χ3v) is 5.29. The molecule has 10 heteroatoms. The van der Waals surface area contributed by atoms with Gasteiger partial charge < -0.3 is 10.4 Å². The van der Waals surface area contributed by atoms with Crippen LogP contribution in [0.2, 0.25) is 10.0 Å². The second-order valence-electron chi connectivity index (χ2n) is 6.60. The second-order valence-corrected chi connectivity index (χ2v) is 7.42. The molecule has 29 heavy (non-hydrogen) atoms. The molecule has 1 aromatic carbocycles. The predicted molar refractivity (Wildman–Crippen MR) is 110 cm³/mol. The average Bonchev–Trinajstić information content (AvgIpc) is 3.25. The first-order valence-electron chi connectivity index (χ1n) is 8.74. The van der Waals surface area contributed by atoms with Crippen molar-refractivity contribution >= 4 is 40.8 Å². The molecular formula is C19H19Cl2N5O3. The number of aromatic nitrogens is 4. The fraction of sp³-hybridized carbons (Fsp3) is 0.263. The number of anilines is 1. The Morgan fingerprint density at radius 2 is 1.90 bits per heavy atom. The summed E-state index contributed by atoms with van der Waals surface area (Å²) in [6.45, 7) is 5.76. The Hall–Kier alpha value is -2.84. The van der Waals surface area contributed by atoms with Crippen LogP contribution in [0.3, 0.4) is 0 Å². The lowest BCUT2D eigenvalue weighted by Gasteiger charge is -2.13. The molecule has 0 aliphatic rings. The summed E-state index contributed by atoms with van der Waals surface area (Å²) in [4.78, 5) is 23.6. The molecule has 0 aliphatic carbocycles. The van der Waals surface area contributed by atoms with Crippen LogP contribution in [-0.4, -0.2) is 36.5 Å². The van der Waals surface area contributed by atoms with Crippen molar-refractivity contribution in [3.05, 3.63) is 63.2 Å². The number of carbonyl (C=O) groups excluding carboxylic acids is 1. The zero-order valence-corrected chi connectivity index (χ0v) is 17.5. The van der Waals surface area contributed by atoms with Crippen molar-refractivity contribution in [2.75, 3.05) is 5.32 Å². The minimum Gasteiger partial charge on any atom is -0.476 e. The maximum atomic E-state index is 12.7. The van der Waals surface area contributed by atoms with E-state index in [0.29, 0.717) is 28.0 Å². The van der Waals surface area contributed by atoms with E-state index in [1.54, 1.807) is 30.7 Å². The van der Waals surface area contributed by atoms with E-state index in [1.165, 1.54) is 16.9 Å². The first kappa shape index (κ1) is 20.9. The normalized spacial score (nSPS) is 12.0. The third-order valence-electron chi connectivity index (χ3n) is 4.55. The lowest BCUT2D eigenvalue weighted by atomic mass is 10.2. The van der Waals surface area contributed by atoms with E-state index >= 15 is 0 Å². The lowest BCUT2D eigenvalue weighted by Crippen LogP contribution is -2.25. The Kier molecular flexibility index (Phi) is 5.95. The Morgan fingerprint density at radius 1 is 1.17 bits per heavy atom. The summed E-state index contributed by atoms with van der Waals surface area (Å²) in [7, 11) is 0. The number of carboxylic acid groups (broad SMARTS) is 1. The maximum absolute atomic E-state index is 12.7. The van der Waals surface area contributed by atoms with E-state index in [-0.39, 0.29) is 11.6 Å². The van der Waals surface area contributed by atoms with Crippen LogP contribution in [-0.2, 0) is 11.3 Å². The molecule has 0 radical (unpaired) electrons. The van der Waals surface area contributed by atoms with Gasteiger partial charge in [0.1, 0.15) is 6.04 Å². The Morgan fingerprint density at radius 3 is 2.52 bits per heavy atom. The van der Waals surface area contributed by atoms with E-state index in [2.05, 4.69) is 15.5 Å². The minimum atomic E-state index is -1.15. The Balaban J connectivity index is 1.77. The SMILES string of the molecule is Cc1nn(Cc2ccc(Cl)c(Cl)c2)c(C)c1NC(=O)C(C)n1ccc(C(=O)O)n1. The van der Waals surface area contributed by atoms with Crippen molar-refractivity contribution in [1.29, 1.82) is 0 Å². The molecule has 1 amide bonds. The molecule has 1 unspecified atom stereocenters. The van der Waals surface area contributed by atoms with Gasteiger partial charge in [-0.2, -0.15) is 10.2 Å². The molecule has 2 N–H and O–H groups in total. The number of carboxylic acids is 1. The standard InChI is InChI=1S/C19H19Cl2N5O3/c1-10-17(22-18(27)12(3)25-7-6-16(24-25)19(28)29)11(2)26(23-10)9-13-4-5-14(20)15(21)8-13/h4-8,12H,9H2,1-3H3,(H,22,27)(H,28,29). The monoisotopic (exact) mass is 435 g/mol. The number of nitrogens with zero attached hydrogens (tertiary/aromatic N) is 4. The van der Waals surface area contributed by atoms with Crippen LogP contribution in [0.15, 0.2) is 30.5 Å². The number of aromatic carboxylic acids is 1. The summed E-state index contributed by atoms with van der Waals surface area (Å²) in [5.74, 6) is -1.48. The highest BCUT2D eigenvalue weighted by Crippen LogP contribution is 2.25. The molecule has 0 fully saturated rings. The van der Waals surface area contributed by atoms with Crippen molar-refractivity contribution in [2.24, 2.45) is 0 Å². The van der Waals surface area contributed by atoms with Gasteiger partial charge in [-0.3, -0.25) is 14.2 Å². The van der Waals surface area contributed by atoms with E-state index in [9.17, 15) is 9.59 Å². The van der Waals surface area contributed by atoms with Crippen LogP contribution in [0.4, 0.5) is 5.69 Å². The highest BCUT2D eigenvalue weighted by atomic mass is 35.5. The number of halogens is 2. The summed E-state index contributed by atoms with van der Waals surface area (Å²) in [6, 6.07) is 6.02. The van der Waals surface area contributed by atoms with Gasteiger partial charge in [0.05, 0.1) is 33.7 Å². The number of hydrogen-bond acceptors (Lipinski definition) is 4. The van der Waals surface area contributed by atoms with Crippen molar-refractivity contribution in [1.82, 2.24) is 19.6 Å². The minimum absolute atomic E-state index is 0.119. The van der Waals surface area contributed by atoms with Gasteiger partial charge >= 0.3 is 5.97 Å². The summed E-state index contributed by atoms with van der Waals surface area (Å²) >= 11 is 12.0. The van der Waals surface area contributed by atoms with Gasteiger partial charge in [-0.05, 0) is 44.5 Å². The molecule has 3 aromatic rings. The molecule has 8 nitrogen and oxygen atoms in total. The van der Waals surface area contributed by atoms with Crippen molar-refractivity contribution in [3.8, 4) is 0 Å². The number of rotatable bonds is 6. The summed E-state index contributed by atoms with van der Waals surface area (Å²) in [5.41, 5.74) is 2.85. The third kappa shape index (κ3) is 4.44. The topological polar surface area (TPSA) is 102 Å². The van der Waals surface area contributed by atoms with Crippen LogP contribution >= 0.6 is 23.2 Å². The quantitative estimate of drug-likeness (QED) is 0.609. The molecule has 0 aliphatic heterocycles.